The zero-order valence-corrected chi connectivity index (χ0v) is 15.7. The zero-order valence-electron chi connectivity index (χ0n) is 14.9. The van der Waals surface area contributed by atoms with Gasteiger partial charge < -0.3 is 14.5 Å². The first-order valence-corrected chi connectivity index (χ1v) is 9.79. The van der Waals surface area contributed by atoms with Gasteiger partial charge in [-0.1, -0.05) is 0 Å². The van der Waals surface area contributed by atoms with Gasteiger partial charge in [0.05, 0.1) is 18.3 Å². The average molecular weight is 400 g/mol. The van der Waals surface area contributed by atoms with Gasteiger partial charge in [0.2, 0.25) is 22.3 Å². The summed E-state index contributed by atoms with van der Waals surface area (Å²) in [7, 11) is -2.63. The molecule has 0 N–H and O–H groups in total. The number of benzene rings is 1. The third-order valence-corrected chi connectivity index (χ3v) is 5.26. The Hall–Kier alpha value is -2.89. The van der Waals surface area contributed by atoms with Gasteiger partial charge in [-0.2, -0.15) is 0 Å². The van der Waals surface area contributed by atoms with Gasteiger partial charge in [0.15, 0.2) is 0 Å². The van der Waals surface area contributed by atoms with Crippen LogP contribution in [0.5, 0.6) is 5.75 Å². The number of hydrogen-bond donors (Lipinski definition) is 0. The number of amides is 2. The molecule has 2 amide bonds. The van der Waals surface area contributed by atoms with Crippen LogP contribution in [-0.2, 0) is 19.6 Å². The molecule has 1 aromatic carbocycles. The second-order valence-corrected chi connectivity index (χ2v) is 7.81. The summed E-state index contributed by atoms with van der Waals surface area (Å²) in [6, 6.07) is 3.51. The van der Waals surface area contributed by atoms with E-state index < -0.39 is 27.4 Å². The van der Waals surface area contributed by atoms with Crippen molar-refractivity contribution in [3.63, 3.8) is 0 Å². The Morgan fingerprint density at radius 1 is 1.33 bits per heavy atom. The number of carbonyl (C=O) groups excluding carboxylic acids is 2. The summed E-state index contributed by atoms with van der Waals surface area (Å²) in [5.41, 5.74) is -0.416. The molecule has 0 atom stereocenters. The number of methoxy groups -OCH3 is 1. The molecule has 0 saturated carbocycles. The summed E-state index contributed by atoms with van der Waals surface area (Å²) >= 11 is 0. The number of nitro benzene ring substituents is 1. The highest BCUT2D eigenvalue weighted by molar-refractivity contribution is 7.92. The molecule has 27 heavy (non-hydrogen) atoms. The first-order valence-electron chi connectivity index (χ1n) is 7.94. The first kappa shape index (κ1) is 20.4. The van der Waals surface area contributed by atoms with E-state index in [2.05, 4.69) is 0 Å². The number of hydrogen-bond acceptors (Lipinski definition) is 7. The van der Waals surface area contributed by atoms with E-state index in [0.717, 1.165) is 16.6 Å². The maximum Gasteiger partial charge on any atom is 0.271 e. The third kappa shape index (κ3) is 4.84. The summed E-state index contributed by atoms with van der Waals surface area (Å²) < 4.78 is 30.4. The second-order valence-electron chi connectivity index (χ2n) is 5.91. The highest BCUT2D eigenvalue weighted by Gasteiger charge is 2.29. The lowest BCUT2D eigenvalue weighted by Gasteiger charge is -2.34. The van der Waals surface area contributed by atoms with Crippen LogP contribution in [0.15, 0.2) is 18.2 Å². The predicted molar refractivity (Wildman–Crippen MR) is 96.1 cm³/mol. The molecule has 1 aliphatic rings. The number of ether oxygens (including phenoxy) is 1. The van der Waals surface area contributed by atoms with Crippen molar-refractivity contribution in [3.8, 4) is 5.75 Å². The van der Waals surface area contributed by atoms with Crippen LogP contribution in [0.2, 0.25) is 0 Å². The van der Waals surface area contributed by atoms with E-state index in [-0.39, 0.29) is 30.2 Å². The largest absolute Gasteiger partial charge is 0.495 e. The summed E-state index contributed by atoms with van der Waals surface area (Å²) in [5, 5.41) is 11.0. The molecule has 0 aromatic heterocycles. The number of nitro groups is 1. The molecule has 0 radical (unpaired) electrons. The van der Waals surface area contributed by atoms with Crippen LogP contribution in [-0.4, -0.2) is 81.5 Å². The van der Waals surface area contributed by atoms with Gasteiger partial charge in [-0.3, -0.25) is 24.0 Å². The maximum absolute atomic E-state index is 12.6. The van der Waals surface area contributed by atoms with Gasteiger partial charge in [0, 0.05) is 38.3 Å². The number of carbonyl (C=O) groups is 2. The molecule has 1 saturated heterocycles. The van der Waals surface area contributed by atoms with Crippen LogP contribution in [0, 0.1) is 10.1 Å². The Morgan fingerprint density at radius 3 is 2.44 bits per heavy atom. The third-order valence-electron chi connectivity index (χ3n) is 4.14. The summed E-state index contributed by atoms with van der Waals surface area (Å²) in [5.74, 6) is -0.385. The van der Waals surface area contributed by atoms with Crippen molar-refractivity contribution in [2.75, 3.05) is 50.4 Å². The molecule has 1 aliphatic heterocycles. The van der Waals surface area contributed by atoms with Crippen LogP contribution in [0.25, 0.3) is 0 Å². The number of nitrogens with zero attached hydrogens (tertiary/aromatic N) is 4. The monoisotopic (exact) mass is 400 g/mol. The smallest absolute Gasteiger partial charge is 0.271 e. The van der Waals surface area contributed by atoms with Crippen LogP contribution in [0.1, 0.15) is 0 Å². The van der Waals surface area contributed by atoms with E-state index >= 15 is 0 Å². The summed E-state index contributed by atoms with van der Waals surface area (Å²) in [4.78, 5) is 36.7. The van der Waals surface area contributed by atoms with E-state index in [0.29, 0.717) is 19.5 Å². The number of non-ortho nitro benzene ring substituents is 1. The summed E-state index contributed by atoms with van der Waals surface area (Å²) in [6.45, 7) is 0.739. The fourth-order valence-electron chi connectivity index (χ4n) is 2.67. The normalized spacial score (nSPS) is 14.6. The van der Waals surface area contributed by atoms with Crippen molar-refractivity contribution in [1.82, 2.24) is 9.80 Å². The first-order chi connectivity index (χ1) is 12.7. The van der Waals surface area contributed by atoms with E-state index in [1.165, 1.54) is 29.0 Å². The maximum atomic E-state index is 12.6. The van der Waals surface area contributed by atoms with E-state index in [1.54, 1.807) is 0 Å². The van der Waals surface area contributed by atoms with E-state index in [4.69, 9.17) is 4.74 Å². The highest BCUT2D eigenvalue weighted by Crippen LogP contribution is 2.33. The SMILES string of the molecule is COc1ccc([N+](=O)[O-])cc1N(CC(=O)N1CCN(C=O)CC1)S(C)(=O)=O. The molecular weight excluding hydrogens is 380 g/mol. The topological polar surface area (TPSA) is 130 Å². The van der Waals surface area contributed by atoms with Gasteiger partial charge in [-0.15, -0.1) is 0 Å². The van der Waals surface area contributed by atoms with Crippen LogP contribution < -0.4 is 9.04 Å². The van der Waals surface area contributed by atoms with E-state index in [9.17, 15) is 28.1 Å². The average Bonchev–Trinajstić information content (AvgIpc) is 2.64. The zero-order chi connectivity index (χ0) is 20.2. The van der Waals surface area contributed by atoms with Crippen molar-refractivity contribution in [2.45, 2.75) is 0 Å². The van der Waals surface area contributed by atoms with Crippen LogP contribution in [0.3, 0.4) is 0 Å². The molecule has 148 valence electrons. The van der Waals surface area contributed by atoms with Gasteiger partial charge in [-0.25, -0.2) is 8.42 Å². The number of sulfonamides is 1. The Kier molecular flexibility index (Phi) is 6.20. The van der Waals surface area contributed by atoms with Gasteiger partial charge >= 0.3 is 0 Å². The molecule has 1 fully saturated rings. The lowest BCUT2D eigenvalue weighted by atomic mass is 10.2. The Balaban J connectivity index is 2.32. The lowest BCUT2D eigenvalue weighted by Crippen LogP contribution is -2.51. The molecule has 1 aromatic rings. The van der Waals surface area contributed by atoms with Crippen molar-refractivity contribution in [1.29, 1.82) is 0 Å². The number of anilines is 1. The van der Waals surface area contributed by atoms with Gasteiger partial charge in [-0.05, 0) is 6.07 Å². The molecule has 0 bridgehead atoms. The Labute approximate surface area is 156 Å². The quantitative estimate of drug-likeness (QED) is 0.348. The van der Waals surface area contributed by atoms with E-state index in [1.807, 2.05) is 0 Å². The molecule has 1 heterocycles. The van der Waals surface area contributed by atoms with Crippen molar-refractivity contribution < 1.29 is 27.7 Å². The Morgan fingerprint density at radius 2 is 1.96 bits per heavy atom. The molecule has 0 spiro atoms. The fraction of sp³-hybridized carbons (Fsp3) is 0.467. The van der Waals surface area contributed by atoms with Crippen LogP contribution >= 0.6 is 0 Å². The van der Waals surface area contributed by atoms with Gasteiger partial charge in [0.25, 0.3) is 5.69 Å². The molecule has 0 aliphatic carbocycles. The Bertz CT molecular complexity index is 835. The number of piperazine rings is 1. The second kappa shape index (κ2) is 8.20. The molecule has 2 rings (SSSR count). The molecule has 0 unspecified atom stereocenters. The highest BCUT2D eigenvalue weighted by atomic mass is 32.2. The molecule has 11 nitrogen and oxygen atoms in total. The summed E-state index contributed by atoms with van der Waals surface area (Å²) in [6.07, 6.45) is 1.60. The standard InChI is InChI=1S/C15H20N4O7S/c1-26-14-4-3-12(19(22)23)9-13(14)18(27(2,24)25)10-15(21)17-7-5-16(11-20)6-8-17/h3-4,9,11H,5-8,10H2,1-2H3. The minimum Gasteiger partial charge on any atom is -0.495 e. The minimum absolute atomic E-state index is 0.0876. The molecule has 12 heteroatoms. The predicted octanol–water partition coefficient (Wildman–Crippen LogP) is -0.330. The van der Waals surface area contributed by atoms with Crippen LogP contribution in [0.4, 0.5) is 11.4 Å². The van der Waals surface area contributed by atoms with Crippen molar-refractivity contribution in [2.24, 2.45) is 0 Å². The van der Waals surface area contributed by atoms with Crippen molar-refractivity contribution in [3.05, 3.63) is 28.3 Å². The van der Waals surface area contributed by atoms with Gasteiger partial charge in [0.1, 0.15) is 18.0 Å². The molecular formula is C15H20N4O7S. The number of rotatable bonds is 7. The van der Waals surface area contributed by atoms with Crippen molar-refractivity contribution >= 4 is 33.7 Å². The fourth-order valence-corrected chi connectivity index (χ4v) is 3.51. The lowest BCUT2D eigenvalue weighted by molar-refractivity contribution is -0.384. The minimum atomic E-state index is -3.93.